The van der Waals surface area contributed by atoms with Crippen LogP contribution < -0.4 is 16.4 Å². The number of carbonyl (C=O) groups is 1. The van der Waals surface area contributed by atoms with Crippen molar-refractivity contribution < 1.29 is 4.79 Å². The molecule has 0 unspecified atom stereocenters. The zero-order valence-corrected chi connectivity index (χ0v) is 20.7. The van der Waals surface area contributed by atoms with Gasteiger partial charge in [0.05, 0.1) is 12.2 Å². The van der Waals surface area contributed by atoms with Gasteiger partial charge >= 0.3 is 0 Å². The molecule has 1 aliphatic heterocycles. The first kappa shape index (κ1) is 24.0. The lowest BCUT2D eigenvalue weighted by molar-refractivity contribution is -0.123. The van der Waals surface area contributed by atoms with E-state index < -0.39 is 0 Å². The highest BCUT2D eigenvalue weighted by Gasteiger charge is 2.27. The fourth-order valence-electron chi connectivity index (χ4n) is 4.43. The first-order valence-corrected chi connectivity index (χ1v) is 11.8. The molecule has 5 N–H and O–H groups in total. The average Bonchev–Trinajstić information content (AvgIpc) is 3.22. The molecule has 0 spiro atoms. The van der Waals surface area contributed by atoms with Gasteiger partial charge in [-0.3, -0.25) is 14.8 Å². The Morgan fingerprint density at radius 2 is 1.91 bits per heavy atom. The number of anilines is 4. The van der Waals surface area contributed by atoms with E-state index in [-0.39, 0.29) is 11.9 Å². The minimum Gasteiger partial charge on any atom is -0.368 e. The van der Waals surface area contributed by atoms with E-state index in [9.17, 15) is 4.79 Å². The lowest BCUT2D eigenvalue weighted by Gasteiger charge is -2.35. The summed E-state index contributed by atoms with van der Waals surface area (Å²) in [5, 5.41) is 13.9. The highest BCUT2D eigenvalue weighted by Crippen LogP contribution is 2.34. The predicted octanol–water partition coefficient (Wildman–Crippen LogP) is 4.32. The van der Waals surface area contributed by atoms with Crippen LogP contribution in [0.5, 0.6) is 0 Å². The largest absolute Gasteiger partial charge is 0.368 e. The van der Waals surface area contributed by atoms with Gasteiger partial charge in [0, 0.05) is 17.4 Å². The summed E-state index contributed by atoms with van der Waals surface area (Å²) >= 11 is 6.28. The summed E-state index contributed by atoms with van der Waals surface area (Å²) in [6.45, 7) is 9.76. The lowest BCUT2D eigenvalue weighted by Crippen LogP contribution is -2.46. The number of carbonyl (C=O) groups excluding carboxylic acids is 1. The van der Waals surface area contributed by atoms with Gasteiger partial charge in [0.1, 0.15) is 5.02 Å². The Balaban J connectivity index is 1.47. The van der Waals surface area contributed by atoms with Gasteiger partial charge in [-0.15, -0.1) is 0 Å². The number of rotatable bonds is 7. The molecule has 1 fully saturated rings. The molecule has 0 saturated carbocycles. The van der Waals surface area contributed by atoms with Crippen LogP contribution in [-0.4, -0.2) is 50.1 Å². The second-order valence-electron chi connectivity index (χ2n) is 8.99. The smallest absolute Gasteiger partial charge is 0.234 e. The van der Waals surface area contributed by atoms with E-state index in [1.54, 1.807) is 6.20 Å². The third-order valence-corrected chi connectivity index (χ3v) is 6.76. The van der Waals surface area contributed by atoms with E-state index >= 15 is 0 Å². The zero-order chi connectivity index (χ0) is 24.4. The molecular weight excluding hydrogens is 452 g/mol. The summed E-state index contributed by atoms with van der Waals surface area (Å²) in [7, 11) is 0. The van der Waals surface area contributed by atoms with E-state index in [2.05, 4.69) is 61.7 Å². The molecule has 2 aromatic heterocycles. The number of amides is 1. The Kier molecular flexibility index (Phi) is 7.04. The van der Waals surface area contributed by atoms with Crippen LogP contribution in [0.1, 0.15) is 48.1 Å². The number of halogens is 1. The van der Waals surface area contributed by atoms with Crippen molar-refractivity contribution in [1.29, 1.82) is 0 Å². The first-order chi connectivity index (χ1) is 16.2. The molecule has 3 heterocycles. The molecule has 3 aromatic rings. The maximum Gasteiger partial charge on any atom is 0.234 e. The quantitative estimate of drug-likeness (QED) is 0.395. The second kappa shape index (κ2) is 9.99. The van der Waals surface area contributed by atoms with E-state index in [4.69, 9.17) is 17.3 Å². The number of hydrogen-bond donors (Lipinski definition) is 4. The Hall–Kier alpha value is -3.17. The van der Waals surface area contributed by atoms with Crippen LogP contribution in [0.3, 0.4) is 0 Å². The molecule has 1 aromatic carbocycles. The summed E-state index contributed by atoms with van der Waals surface area (Å²) in [5.74, 6) is 1.76. The zero-order valence-electron chi connectivity index (χ0n) is 19.9. The van der Waals surface area contributed by atoms with Gasteiger partial charge in [-0.05, 0) is 82.3 Å². The maximum atomic E-state index is 11.5. The van der Waals surface area contributed by atoms with Crippen LogP contribution in [0.2, 0.25) is 5.02 Å². The third-order valence-electron chi connectivity index (χ3n) is 6.48. The van der Waals surface area contributed by atoms with Crippen molar-refractivity contribution in [2.24, 2.45) is 5.73 Å². The van der Waals surface area contributed by atoms with Crippen molar-refractivity contribution in [3.05, 3.63) is 51.8 Å². The molecule has 34 heavy (non-hydrogen) atoms. The Morgan fingerprint density at radius 3 is 2.56 bits per heavy atom. The summed E-state index contributed by atoms with van der Waals surface area (Å²) in [6.07, 6.45) is 3.58. The van der Waals surface area contributed by atoms with Crippen molar-refractivity contribution in [2.75, 3.05) is 23.7 Å². The lowest BCUT2D eigenvalue weighted by atomic mass is 9.85. The number of piperidine rings is 1. The van der Waals surface area contributed by atoms with Gasteiger partial charge < -0.3 is 16.4 Å². The van der Waals surface area contributed by atoms with Crippen LogP contribution in [-0.2, 0) is 4.79 Å². The van der Waals surface area contributed by atoms with E-state index in [0.717, 1.165) is 42.9 Å². The number of H-pyrrole nitrogens is 1. The van der Waals surface area contributed by atoms with E-state index in [1.807, 2.05) is 19.9 Å². The number of nitrogens with two attached hydrogens (primary N) is 1. The number of aromatic nitrogens is 4. The van der Waals surface area contributed by atoms with Crippen molar-refractivity contribution >= 4 is 40.8 Å². The minimum absolute atomic E-state index is 0.217. The molecule has 9 nitrogen and oxygen atoms in total. The first-order valence-electron chi connectivity index (χ1n) is 11.4. The number of aryl methyl sites for hydroxylation is 3. The van der Waals surface area contributed by atoms with Gasteiger partial charge in [0.15, 0.2) is 11.6 Å². The van der Waals surface area contributed by atoms with Crippen LogP contribution in [0, 0.1) is 20.8 Å². The molecule has 1 amide bonds. The highest BCUT2D eigenvalue weighted by atomic mass is 35.5. The molecule has 10 heteroatoms. The molecule has 1 aliphatic rings. The summed E-state index contributed by atoms with van der Waals surface area (Å²) in [4.78, 5) is 22.6. The SMILES string of the molecule is Cc1cc(Nc2nc(Nc3cc(C)c(C4CCN([C@H](C)C(N)=O)CC4)cc3C)ncc2Cl)n[nH]1. The number of benzene rings is 1. The number of likely N-dealkylation sites (tertiary alicyclic amines) is 1. The summed E-state index contributed by atoms with van der Waals surface area (Å²) in [6, 6.07) is 6.05. The molecule has 0 bridgehead atoms. The van der Waals surface area contributed by atoms with Crippen LogP contribution in [0.25, 0.3) is 0 Å². The normalized spacial score (nSPS) is 15.8. The van der Waals surface area contributed by atoms with Crippen LogP contribution >= 0.6 is 11.6 Å². The summed E-state index contributed by atoms with van der Waals surface area (Å²) in [5.41, 5.74) is 11.0. The Bertz CT molecular complexity index is 1190. The van der Waals surface area contributed by atoms with Gasteiger partial charge in [-0.1, -0.05) is 17.7 Å². The van der Waals surface area contributed by atoms with Crippen molar-refractivity contribution in [1.82, 2.24) is 25.1 Å². The van der Waals surface area contributed by atoms with Gasteiger partial charge in [0.2, 0.25) is 11.9 Å². The van der Waals surface area contributed by atoms with Crippen molar-refractivity contribution in [3.63, 3.8) is 0 Å². The maximum absolute atomic E-state index is 11.5. The monoisotopic (exact) mass is 482 g/mol. The van der Waals surface area contributed by atoms with Gasteiger partial charge in [-0.2, -0.15) is 10.1 Å². The standard InChI is InChI=1S/C24H31ClN8O/c1-13-10-20(14(2)9-18(13)17-5-7-33(8-6-17)16(4)22(26)34)28-24-27-12-19(25)23(30-24)29-21-11-15(3)31-32-21/h9-12,16-17H,5-8H2,1-4H3,(H2,26,34)(H3,27,28,29,30,31,32)/t16-/m1/s1. The predicted molar refractivity (Wildman–Crippen MR) is 135 cm³/mol. The van der Waals surface area contributed by atoms with E-state index in [0.29, 0.717) is 28.5 Å². The highest BCUT2D eigenvalue weighted by molar-refractivity contribution is 6.32. The van der Waals surface area contributed by atoms with Crippen LogP contribution in [0.4, 0.5) is 23.3 Å². The van der Waals surface area contributed by atoms with Gasteiger partial charge in [-0.25, -0.2) is 4.98 Å². The fourth-order valence-corrected chi connectivity index (χ4v) is 4.57. The number of primary amides is 1. The van der Waals surface area contributed by atoms with Crippen LogP contribution in [0.15, 0.2) is 24.4 Å². The molecule has 0 aliphatic carbocycles. The molecular formula is C24H31ClN8O. The topological polar surface area (TPSA) is 125 Å². The molecule has 0 radical (unpaired) electrons. The third kappa shape index (κ3) is 5.31. The fraction of sp³-hybridized carbons (Fsp3) is 0.417. The Morgan fingerprint density at radius 1 is 1.18 bits per heavy atom. The van der Waals surface area contributed by atoms with Crippen molar-refractivity contribution in [3.8, 4) is 0 Å². The van der Waals surface area contributed by atoms with E-state index in [1.165, 1.54) is 11.1 Å². The number of hydrogen-bond acceptors (Lipinski definition) is 7. The number of nitrogens with one attached hydrogen (secondary N) is 3. The minimum atomic E-state index is -0.261. The average molecular weight is 483 g/mol. The summed E-state index contributed by atoms with van der Waals surface area (Å²) < 4.78 is 0. The van der Waals surface area contributed by atoms with Crippen molar-refractivity contribution in [2.45, 2.75) is 52.5 Å². The molecule has 180 valence electrons. The number of nitrogens with zero attached hydrogens (tertiary/aromatic N) is 4. The number of aromatic amines is 1. The second-order valence-corrected chi connectivity index (χ2v) is 9.40. The molecule has 1 atom stereocenters. The Labute approximate surface area is 204 Å². The molecule has 1 saturated heterocycles. The van der Waals surface area contributed by atoms with Gasteiger partial charge in [0.25, 0.3) is 0 Å². The molecule has 4 rings (SSSR count).